The van der Waals surface area contributed by atoms with Crippen molar-refractivity contribution in [3.8, 4) is 5.75 Å². The molecule has 1 N–H and O–H groups in total. The van der Waals surface area contributed by atoms with E-state index in [0.717, 1.165) is 49.8 Å². The van der Waals surface area contributed by atoms with E-state index >= 15 is 0 Å². The molecule has 2 heterocycles. The minimum atomic E-state index is -0.380. The van der Waals surface area contributed by atoms with Crippen LogP contribution >= 0.6 is 0 Å². The number of hydrogen-bond acceptors (Lipinski definition) is 7. The molecule has 6 atom stereocenters. The lowest BCUT2D eigenvalue weighted by Gasteiger charge is -2.42. The van der Waals surface area contributed by atoms with E-state index in [0.29, 0.717) is 19.6 Å². The summed E-state index contributed by atoms with van der Waals surface area (Å²) in [5.74, 6) is 0.431. The number of unbranched alkanes of at least 4 members (excludes halogenated alkanes) is 3. The number of benzene rings is 1. The molecule has 3 aliphatic rings. The number of carbonyl (C=O) groups is 1. The molecule has 0 radical (unpaired) electrons. The molecule has 1 aromatic rings. The topological polar surface area (TPSA) is 90.1 Å². The number of ether oxygens (including phenoxy) is 5. The molecular weight excluding hydrogens is 484 g/mol. The summed E-state index contributed by atoms with van der Waals surface area (Å²) in [5.41, 5.74) is 1.58. The van der Waals surface area contributed by atoms with E-state index in [1.165, 1.54) is 11.6 Å². The van der Waals surface area contributed by atoms with Gasteiger partial charge in [-0.05, 0) is 83.1 Å². The molecule has 1 aliphatic carbocycles. The molecule has 1 aromatic carbocycles. The van der Waals surface area contributed by atoms with Crippen molar-refractivity contribution >= 4 is 12.0 Å². The summed E-state index contributed by atoms with van der Waals surface area (Å²) in [6.45, 7) is 7.94. The SMILES string of the molecule is CO[C@@H]1[C@H](OC(=O)/C=C/c2ccc(OCCCCCCO)cc2)CC[C@]2(CO2)[C@H]1[C@]1(C)O[C@H]1CC=C(C)C. The molecule has 1 saturated carbocycles. The molecular formula is C31H44O7. The second kappa shape index (κ2) is 12.8. The number of epoxide rings is 2. The molecule has 0 bridgehead atoms. The van der Waals surface area contributed by atoms with E-state index in [1.54, 1.807) is 13.2 Å². The van der Waals surface area contributed by atoms with Crippen LogP contribution in [0.2, 0.25) is 0 Å². The molecule has 4 rings (SSSR count). The Morgan fingerprint density at radius 2 is 1.89 bits per heavy atom. The summed E-state index contributed by atoms with van der Waals surface area (Å²) in [6, 6.07) is 7.65. The number of aliphatic hydroxyl groups excluding tert-OH is 1. The Hall–Kier alpha value is -2.19. The monoisotopic (exact) mass is 528 g/mol. The van der Waals surface area contributed by atoms with Crippen LogP contribution in [0.25, 0.3) is 6.08 Å². The van der Waals surface area contributed by atoms with Gasteiger partial charge in [-0.15, -0.1) is 0 Å². The van der Waals surface area contributed by atoms with Crippen LogP contribution in [0.1, 0.15) is 71.3 Å². The number of allylic oxidation sites excluding steroid dienone is 1. The Balaban J connectivity index is 1.30. The third-order valence-electron chi connectivity index (χ3n) is 8.12. The second-order valence-corrected chi connectivity index (χ2v) is 11.2. The van der Waals surface area contributed by atoms with E-state index in [-0.39, 0.29) is 48.0 Å². The van der Waals surface area contributed by atoms with E-state index < -0.39 is 0 Å². The van der Waals surface area contributed by atoms with Crippen LogP contribution < -0.4 is 4.74 Å². The Bertz CT molecular complexity index is 976. The highest BCUT2D eigenvalue weighted by atomic mass is 16.6. The van der Waals surface area contributed by atoms with E-state index in [1.807, 2.05) is 24.3 Å². The molecule has 210 valence electrons. The molecule has 0 unspecified atom stereocenters. The number of aliphatic hydroxyl groups is 1. The summed E-state index contributed by atoms with van der Waals surface area (Å²) in [7, 11) is 1.69. The lowest BCUT2D eigenvalue weighted by atomic mass is 9.68. The zero-order valence-electron chi connectivity index (χ0n) is 23.3. The van der Waals surface area contributed by atoms with Crippen molar-refractivity contribution in [2.45, 2.75) is 95.2 Å². The van der Waals surface area contributed by atoms with Crippen molar-refractivity contribution < 1.29 is 33.6 Å². The predicted molar refractivity (Wildman–Crippen MR) is 146 cm³/mol. The van der Waals surface area contributed by atoms with Gasteiger partial charge < -0.3 is 28.8 Å². The van der Waals surface area contributed by atoms with Gasteiger partial charge in [-0.1, -0.05) is 30.2 Å². The number of carbonyl (C=O) groups excluding carboxylic acids is 1. The molecule has 2 aliphatic heterocycles. The molecule has 38 heavy (non-hydrogen) atoms. The number of methoxy groups -OCH3 is 1. The first kappa shape index (κ1) is 28.8. The number of rotatable bonds is 14. The molecule has 2 saturated heterocycles. The molecule has 7 heteroatoms. The predicted octanol–water partition coefficient (Wildman–Crippen LogP) is 5.25. The number of hydrogen-bond donors (Lipinski definition) is 1. The molecule has 0 amide bonds. The molecule has 3 fully saturated rings. The van der Waals surface area contributed by atoms with Crippen LogP contribution in [-0.4, -0.2) is 67.5 Å². The first-order chi connectivity index (χ1) is 18.3. The Morgan fingerprint density at radius 1 is 1.16 bits per heavy atom. The lowest BCUT2D eigenvalue weighted by molar-refractivity contribution is -0.166. The fourth-order valence-corrected chi connectivity index (χ4v) is 5.86. The lowest BCUT2D eigenvalue weighted by Crippen LogP contribution is -2.55. The Kier molecular flexibility index (Phi) is 9.69. The van der Waals surface area contributed by atoms with Gasteiger partial charge >= 0.3 is 5.97 Å². The van der Waals surface area contributed by atoms with Gasteiger partial charge in [0.1, 0.15) is 29.2 Å². The maximum atomic E-state index is 12.8. The maximum Gasteiger partial charge on any atom is 0.331 e. The van der Waals surface area contributed by atoms with Crippen LogP contribution in [0.4, 0.5) is 0 Å². The maximum absolute atomic E-state index is 12.8. The highest BCUT2D eigenvalue weighted by Crippen LogP contribution is 2.59. The summed E-state index contributed by atoms with van der Waals surface area (Å²) < 4.78 is 29.9. The number of esters is 1. The second-order valence-electron chi connectivity index (χ2n) is 11.2. The van der Waals surface area contributed by atoms with Crippen LogP contribution in [0, 0.1) is 5.92 Å². The van der Waals surface area contributed by atoms with Crippen LogP contribution in [0.5, 0.6) is 5.75 Å². The van der Waals surface area contributed by atoms with Crippen molar-refractivity contribution in [1.29, 1.82) is 0 Å². The van der Waals surface area contributed by atoms with E-state index in [9.17, 15) is 4.79 Å². The summed E-state index contributed by atoms with van der Waals surface area (Å²) in [4.78, 5) is 12.8. The van der Waals surface area contributed by atoms with Crippen LogP contribution in [0.15, 0.2) is 42.0 Å². The van der Waals surface area contributed by atoms with Gasteiger partial charge in [0.05, 0.1) is 25.2 Å². The third-order valence-corrected chi connectivity index (χ3v) is 8.12. The van der Waals surface area contributed by atoms with E-state index in [2.05, 4.69) is 26.8 Å². The quantitative estimate of drug-likeness (QED) is 0.116. The zero-order valence-corrected chi connectivity index (χ0v) is 23.3. The smallest absolute Gasteiger partial charge is 0.331 e. The normalized spacial score (nSPS) is 31.8. The Morgan fingerprint density at radius 3 is 2.55 bits per heavy atom. The minimum absolute atomic E-state index is 0.00770. The molecule has 0 aromatic heterocycles. The van der Waals surface area contributed by atoms with Gasteiger partial charge in [-0.3, -0.25) is 0 Å². The standard InChI is InChI=1S/C31H44O7/c1-22(2)9-15-26-30(3,38-26)29-28(34-4)25(17-18-31(29)21-36-31)37-27(33)16-12-23-10-13-24(14-11-23)35-20-8-6-5-7-19-32/h9-14,16,25-26,28-29,32H,5-8,15,17-21H2,1-4H3/b16-12+/t25-,26+,28-,29-,30-,31+/m1/s1. The van der Waals surface area contributed by atoms with E-state index in [4.69, 9.17) is 28.8 Å². The highest BCUT2D eigenvalue weighted by molar-refractivity contribution is 5.87. The van der Waals surface area contributed by atoms with Gasteiger partial charge in [0.15, 0.2) is 0 Å². The van der Waals surface area contributed by atoms with Gasteiger partial charge in [0.25, 0.3) is 0 Å². The summed E-state index contributed by atoms with van der Waals surface area (Å²) in [5, 5.41) is 8.83. The van der Waals surface area contributed by atoms with Gasteiger partial charge in [-0.2, -0.15) is 0 Å². The fraction of sp³-hybridized carbons (Fsp3) is 0.645. The first-order valence-corrected chi connectivity index (χ1v) is 14.0. The van der Waals surface area contributed by atoms with Crippen LogP contribution in [-0.2, 0) is 23.7 Å². The Labute approximate surface area is 227 Å². The summed E-state index contributed by atoms with van der Waals surface area (Å²) >= 11 is 0. The van der Waals surface area contributed by atoms with Gasteiger partial charge in [0, 0.05) is 19.8 Å². The fourth-order valence-electron chi connectivity index (χ4n) is 5.86. The van der Waals surface area contributed by atoms with Crippen molar-refractivity contribution in [2.75, 3.05) is 26.9 Å². The average Bonchev–Trinajstić information content (AvgIpc) is 3.82. The molecule has 1 spiro atoms. The van der Waals surface area contributed by atoms with Gasteiger partial charge in [-0.25, -0.2) is 4.79 Å². The first-order valence-electron chi connectivity index (χ1n) is 14.0. The van der Waals surface area contributed by atoms with Crippen LogP contribution in [0.3, 0.4) is 0 Å². The van der Waals surface area contributed by atoms with Crippen molar-refractivity contribution in [1.82, 2.24) is 0 Å². The largest absolute Gasteiger partial charge is 0.494 e. The van der Waals surface area contributed by atoms with Crippen molar-refractivity contribution in [3.05, 3.63) is 47.6 Å². The average molecular weight is 529 g/mol. The van der Waals surface area contributed by atoms with Gasteiger partial charge in [0.2, 0.25) is 0 Å². The van der Waals surface area contributed by atoms with Crippen molar-refractivity contribution in [2.24, 2.45) is 5.92 Å². The highest BCUT2D eigenvalue weighted by Gasteiger charge is 2.72. The van der Waals surface area contributed by atoms with Crippen molar-refractivity contribution in [3.63, 3.8) is 0 Å². The zero-order chi connectivity index (χ0) is 27.2. The molecule has 7 nitrogen and oxygen atoms in total. The minimum Gasteiger partial charge on any atom is -0.494 e. The third kappa shape index (κ3) is 7.06. The summed E-state index contributed by atoms with van der Waals surface area (Å²) in [6.07, 6.45) is 11.2.